The van der Waals surface area contributed by atoms with Crippen molar-refractivity contribution in [3.63, 3.8) is 0 Å². The van der Waals surface area contributed by atoms with Gasteiger partial charge in [0, 0.05) is 29.0 Å². The minimum atomic E-state index is -0.815. The van der Waals surface area contributed by atoms with Crippen molar-refractivity contribution in [3.8, 4) is 0 Å². The van der Waals surface area contributed by atoms with Crippen LogP contribution in [0.4, 0.5) is 0 Å². The number of hydrogen-bond acceptors (Lipinski definition) is 6. The summed E-state index contributed by atoms with van der Waals surface area (Å²) in [6.07, 6.45) is 2.37. The van der Waals surface area contributed by atoms with Crippen molar-refractivity contribution >= 4 is 22.7 Å². The van der Waals surface area contributed by atoms with Crippen LogP contribution in [0.2, 0.25) is 0 Å². The lowest BCUT2D eigenvalue weighted by Crippen LogP contribution is -2.39. The minimum absolute atomic E-state index is 0.0689. The van der Waals surface area contributed by atoms with E-state index in [1.54, 1.807) is 38.1 Å². The molecule has 1 atom stereocenters. The smallest absolute Gasteiger partial charge is 0.336 e. The lowest BCUT2D eigenvalue weighted by molar-refractivity contribution is -0.138. The van der Waals surface area contributed by atoms with Crippen LogP contribution in [0.1, 0.15) is 52.0 Å². The average Bonchev–Trinajstić information content (AvgIpc) is 2.66. The van der Waals surface area contributed by atoms with Crippen LogP contribution in [0.5, 0.6) is 0 Å². The maximum Gasteiger partial charge on any atom is 0.336 e. The molecule has 2 heterocycles. The molecule has 1 aliphatic heterocycles. The molecule has 156 valence electrons. The Morgan fingerprint density at radius 2 is 1.97 bits per heavy atom. The molecular weight excluding hydrogens is 382 g/mol. The van der Waals surface area contributed by atoms with Crippen LogP contribution in [0.15, 0.2) is 62.3 Å². The van der Waals surface area contributed by atoms with E-state index in [4.69, 9.17) is 9.15 Å². The van der Waals surface area contributed by atoms with Gasteiger partial charge in [0.25, 0.3) is 0 Å². The van der Waals surface area contributed by atoms with Gasteiger partial charge in [0.1, 0.15) is 5.58 Å². The number of benzene rings is 1. The number of allylic oxidation sites excluding steroid dienone is 3. The Morgan fingerprint density at radius 1 is 1.23 bits per heavy atom. The predicted octanol–water partition coefficient (Wildman–Crippen LogP) is 3.96. The summed E-state index contributed by atoms with van der Waals surface area (Å²) in [5.41, 5.74) is 2.39. The number of ether oxygens (including phenoxy) is 1. The molecule has 1 aromatic heterocycles. The van der Waals surface area contributed by atoms with Crippen LogP contribution in [-0.4, -0.2) is 18.4 Å². The van der Waals surface area contributed by atoms with Gasteiger partial charge in [-0.05, 0) is 37.8 Å². The summed E-state index contributed by atoms with van der Waals surface area (Å²) in [6.45, 7) is 7.77. The monoisotopic (exact) mass is 407 g/mol. The molecule has 2 aliphatic rings. The maximum atomic E-state index is 13.4. The summed E-state index contributed by atoms with van der Waals surface area (Å²) in [5.74, 6) is -1.42. The number of dihydropyridines is 1. The number of fused-ring (bicyclic) bond motifs is 1. The SMILES string of the molecule is CCOC(=O)C1=C(C)NC2=C(C(=O)CC(C)(C)C2)[C@@H]1c1coc2ccccc2c1=O. The molecule has 0 saturated heterocycles. The van der Waals surface area contributed by atoms with E-state index < -0.39 is 11.9 Å². The van der Waals surface area contributed by atoms with Gasteiger partial charge in [-0.2, -0.15) is 0 Å². The number of para-hydroxylation sites is 1. The molecule has 1 N–H and O–H groups in total. The summed E-state index contributed by atoms with van der Waals surface area (Å²) >= 11 is 0. The Bertz CT molecular complexity index is 1180. The van der Waals surface area contributed by atoms with Gasteiger partial charge < -0.3 is 14.5 Å². The first-order valence-electron chi connectivity index (χ1n) is 10.1. The molecule has 6 nitrogen and oxygen atoms in total. The standard InChI is InChI=1S/C24H25NO5/c1-5-29-23(28)19-13(2)25-16-10-24(3,4)11-17(26)21(16)20(19)15-12-30-18-9-7-6-8-14(18)22(15)27/h6-9,12,20,25H,5,10-11H2,1-4H3/t20-/m1/s1. The Kier molecular flexibility index (Phi) is 4.88. The van der Waals surface area contributed by atoms with E-state index in [0.29, 0.717) is 35.1 Å². The third-order valence-corrected chi connectivity index (χ3v) is 5.75. The highest BCUT2D eigenvalue weighted by molar-refractivity contribution is 6.04. The molecule has 30 heavy (non-hydrogen) atoms. The first-order valence-corrected chi connectivity index (χ1v) is 10.1. The summed E-state index contributed by atoms with van der Waals surface area (Å²) in [4.78, 5) is 39.5. The second kappa shape index (κ2) is 7.27. The Labute approximate surface area is 174 Å². The second-order valence-corrected chi connectivity index (χ2v) is 8.67. The number of Topliss-reactive ketones (excluding diaryl/α,β-unsaturated/α-hetero) is 1. The molecule has 0 radical (unpaired) electrons. The highest BCUT2D eigenvalue weighted by atomic mass is 16.5. The van der Waals surface area contributed by atoms with Gasteiger partial charge in [0.2, 0.25) is 0 Å². The molecule has 0 fully saturated rings. The van der Waals surface area contributed by atoms with Crippen LogP contribution < -0.4 is 10.7 Å². The summed E-state index contributed by atoms with van der Waals surface area (Å²) < 4.78 is 11.0. The first kappa shape index (κ1) is 20.1. The number of ketones is 1. The fourth-order valence-electron chi connectivity index (χ4n) is 4.52. The highest BCUT2D eigenvalue weighted by Crippen LogP contribution is 2.46. The molecule has 1 aromatic carbocycles. The predicted molar refractivity (Wildman–Crippen MR) is 113 cm³/mol. The summed E-state index contributed by atoms with van der Waals surface area (Å²) in [7, 11) is 0. The van der Waals surface area contributed by atoms with Crippen LogP contribution in [-0.2, 0) is 14.3 Å². The molecule has 0 amide bonds. The number of esters is 1. The molecule has 1 aliphatic carbocycles. The maximum absolute atomic E-state index is 13.4. The molecule has 2 aromatic rings. The number of hydrogen-bond donors (Lipinski definition) is 1. The van der Waals surface area contributed by atoms with Gasteiger partial charge in [-0.15, -0.1) is 0 Å². The fraction of sp³-hybridized carbons (Fsp3) is 0.375. The normalized spacial score (nSPS) is 20.8. The van der Waals surface area contributed by atoms with E-state index >= 15 is 0 Å². The van der Waals surface area contributed by atoms with Crippen LogP contribution in [0.25, 0.3) is 11.0 Å². The Hall–Kier alpha value is -3.15. The fourth-order valence-corrected chi connectivity index (χ4v) is 4.52. The van der Waals surface area contributed by atoms with Crippen molar-refractivity contribution in [2.75, 3.05) is 6.61 Å². The first-order chi connectivity index (χ1) is 14.2. The van der Waals surface area contributed by atoms with E-state index in [1.165, 1.54) is 6.26 Å². The summed E-state index contributed by atoms with van der Waals surface area (Å²) in [6, 6.07) is 6.96. The Morgan fingerprint density at radius 3 is 2.70 bits per heavy atom. The second-order valence-electron chi connectivity index (χ2n) is 8.67. The highest BCUT2D eigenvalue weighted by Gasteiger charge is 2.44. The van der Waals surface area contributed by atoms with Crippen molar-refractivity contribution < 1.29 is 18.7 Å². The molecule has 0 spiro atoms. The van der Waals surface area contributed by atoms with Crippen LogP contribution >= 0.6 is 0 Å². The number of nitrogens with one attached hydrogen (secondary N) is 1. The van der Waals surface area contributed by atoms with Gasteiger partial charge in [-0.25, -0.2) is 4.79 Å². The average molecular weight is 407 g/mol. The Balaban J connectivity index is 1.98. The summed E-state index contributed by atoms with van der Waals surface area (Å²) in [5, 5.41) is 3.67. The van der Waals surface area contributed by atoms with E-state index in [0.717, 1.165) is 5.70 Å². The third kappa shape index (κ3) is 3.26. The largest absolute Gasteiger partial charge is 0.464 e. The van der Waals surface area contributed by atoms with Gasteiger partial charge >= 0.3 is 5.97 Å². The number of rotatable bonds is 3. The number of carbonyl (C=O) groups is 2. The quantitative estimate of drug-likeness (QED) is 0.775. The van der Waals surface area contributed by atoms with E-state index in [2.05, 4.69) is 5.32 Å². The third-order valence-electron chi connectivity index (χ3n) is 5.75. The lowest BCUT2D eigenvalue weighted by atomic mass is 9.68. The van der Waals surface area contributed by atoms with Gasteiger partial charge in [0.05, 0.1) is 29.7 Å². The number of carbonyl (C=O) groups excluding carboxylic acids is 2. The molecule has 4 rings (SSSR count). The van der Waals surface area contributed by atoms with Crippen molar-refractivity contribution in [1.29, 1.82) is 0 Å². The van der Waals surface area contributed by atoms with E-state index in [-0.39, 0.29) is 34.4 Å². The van der Waals surface area contributed by atoms with Crippen molar-refractivity contribution in [3.05, 3.63) is 68.9 Å². The van der Waals surface area contributed by atoms with Gasteiger partial charge in [-0.1, -0.05) is 26.0 Å². The van der Waals surface area contributed by atoms with Gasteiger partial charge in [-0.3, -0.25) is 9.59 Å². The molecular formula is C24H25NO5. The zero-order valence-corrected chi connectivity index (χ0v) is 17.6. The lowest BCUT2D eigenvalue weighted by Gasteiger charge is -2.39. The zero-order valence-electron chi connectivity index (χ0n) is 17.6. The minimum Gasteiger partial charge on any atom is -0.464 e. The molecule has 0 bridgehead atoms. The van der Waals surface area contributed by atoms with Crippen LogP contribution in [0, 0.1) is 5.41 Å². The van der Waals surface area contributed by atoms with Crippen LogP contribution in [0.3, 0.4) is 0 Å². The molecule has 6 heteroatoms. The van der Waals surface area contributed by atoms with Crippen molar-refractivity contribution in [2.24, 2.45) is 5.41 Å². The zero-order chi connectivity index (χ0) is 21.6. The van der Waals surface area contributed by atoms with Gasteiger partial charge in [0.15, 0.2) is 11.2 Å². The molecule has 0 unspecified atom stereocenters. The van der Waals surface area contributed by atoms with Crippen molar-refractivity contribution in [1.82, 2.24) is 5.32 Å². The van der Waals surface area contributed by atoms with Crippen molar-refractivity contribution in [2.45, 2.75) is 46.5 Å². The topological polar surface area (TPSA) is 85.6 Å². The molecule has 0 saturated carbocycles. The van der Waals surface area contributed by atoms with E-state index in [1.807, 2.05) is 13.8 Å². The van der Waals surface area contributed by atoms with E-state index in [9.17, 15) is 14.4 Å².